The van der Waals surface area contributed by atoms with Crippen molar-refractivity contribution in [2.24, 2.45) is 5.73 Å². The van der Waals surface area contributed by atoms with E-state index in [0.29, 0.717) is 19.1 Å². The van der Waals surface area contributed by atoms with Crippen LogP contribution in [0.15, 0.2) is 60.7 Å². The lowest BCUT2D eigenvalue weighted by molar-refractivity contribution is -0.130. The summed E-state index contributed by atoms with van der Waals surface area (Å²) in [5.74, 6) is -0.820. The maximum Gasteiger partial charge on any atom is 0.244 e. The van der Waals surface area contributed by atoms with Gasteiger partial charge in [-0.3, -0.25) is 9.59 Å². The van der Waals surface area contributed by atoms with Gasteiger partial charge >= 0.3 is 0 Å². The SMILES string of the molecule is N[C@H](Cc1ccccc1)C(=O)N[C@@H](CS)C(=O)N[C@H](C=O)Cc1ccccc1. The molecule has 148 valence electrons. The number of benzene rings is 2. The lowest BCUT2D eigenvalue weighted by Gasteiger charge is -2.21. The molecule has 4 N–H and O–H groups in total. The van der Waals surface area contributed by atoms with Crippen molar-refractivity contribution in [3.8, 4) is 0 Å². The molecule has 2 rings (SSSR count). The zero-order chi connectivity index (χ0) is 20.4. The first-order valence-corrected chi connectivity index (χ1v) is 9.67. The first-order chi connectivity index (χ1) is 13.5. The number of nitrogens with two attached hydrogens (primary N) is 1. The van der Waals surface area contributed by atoms with Gasteiger partial charge in [-0.25, -0.2) is 0 Å². The summed E-state index contributed by atoms with van der Waals surface area (Å²) in [6, 6.07) is 16.4. The second-order valence-corrected chi connectivity index (χ2v) is 6.85. The Morgan fingerprint density at radius 1 is 0.893 bits per heavy atom. The summed E-state index contributed by atoms with van der Waals surface area (Å²) in [5, 5.41) is 5.26. The Morgan fingerprint density at radius 2 is 1.43 bits per heavy atom. The first-order valence-electron chi connectivity index (χ1n) is 9.03. The quantitative estimate of drug-likeness (QED) is 0.352. The largest absolute Gasteiger partial charge is 0.344 e. The molecule has 0 fully saturated rings. The van der Waals surface area contributed by atoms with Gasteiger partial charge in [0.05, 0.1) is 12.1 Å². The fourth-order valence-electron chi connectivity index (χ4n) is 2.72. The van der Waals surface area contributed by atoms with Crippen molar-refractivity contribution in [1.82, 2.24) is 10.6 Å². The van der Waals surface area contributed by atoms with E-state index in [0.717, 1.165) is 11.1 Å². The van der Waals surface area contributed by atoms with Gasteiger partial charge in [-0.15, -0.1) is 0 Å². The van der Waals surface area contributed by atoms with Gasteiger partial charge in [0.15, 0.2) is 0 Å². The van der Waals surface area contributed by atoms with Crippen LogP contribution in [0.4, 0.5) is 0 Å². The summed E-state index contributed by atoms with van der Waals surface area (Å²) in [5.41, 5.74) is 7.82. The lowest BCUT2D eigenvalue weighted by Crippen LogP contribution is -2.55. The zero-order valence-corrected chi connectivity index (χ0v) is 16.3. The van der Waals surface area contributed by atoms with Crippen LogP contribution in [-0.4, -0.2) is 42.0 Å². The highest BCUT2D eigenvalue weighted by Gasteiger charge is 2.24. The van der Waals surface area contributed by atoms with Gasteiger partial charge in [-0.1, -0.05) is 60.7 Å². The van der Waals surface area contributed by atoms with Gasteiger partial charge < -0.3 is 21.2 Å². The predicted octanol–water partition coefficient (Wildman–Crippen LogP) is 0.897. The maximum absolute atomic E-state index is 12.5. The molecule has 0 aromatic heterocycles. The smallest absolute Gasteiger partial charge is 0.244 e. The topological polar surface area (TPSA) is 101 Å². The monoisotopic (exact) mass is 399 g/mol. The van der Waals surface area contributed by atoms with Crippen LogP contribution in [0.5, 0.6) is 0 Å². The number of nitrogens with one attached hydrogen (secondary N) is 2. The number of rotatable bonds is 10. The van der Waals surface area contributed by atoms with Crippen LogP contribution in [0, 0.1) is 0 Å². The average Bonchev–Trinajstić information content (AvgIpc) is 2.72. The van der Waals surface area contributed by atoms with E-state index in [1.54, 1.807) is 0 Å². The van der Waals surface area contributed by atoms with E-state index >= 15 is 0 Å². The fourth-order valence-corrected chi connectivity index (χ4v) is 2.98. The minimum Gasteiger partial charge on any atom is -0.344 e. The molecular weight excluding hydrogens is 374 g/mol. The fraction of sp³-hybridized carbons (Fsp3) is 0.286. The van der Waals surface area contributed by atoms with Crippen LogP contribution >= 0.6 is 12.6 Å². The molecule has 3 atom stereocenters. The predicted molar refractivity (Wildman–Crippen MR) is 112 cm³/mol. The van der Waals surface area contributed by atoms with Crippen LogP contribution in [0.1, 0.15) is 11.1 Å². The molecule has 2 amide bonds. The Labute approximate surface area is 170 Å². The van der Waals surface area contributed by atoms with Crippen LogP contribution in [0.25, 0.3) is 0 Å². The van der Waals surface area contributed by atoms with E-state index in [-0.39, 0.29) is 5.75 Å². The Balaban J connectivity index is 1.90. The first kappa shape index (κ1) is 21.7. The standard InChI is InChI=1S/C21H25N3O3S/c22-18(12-16-9-5-2-6-10-16)20(26)24-19(14-28)21(27)23-17(13-25)11-15-7-3-1-4-8-15/h1-10,13,17-19,28H,11-12,14,22H2,(H,23,27)(H,24,26)/t17-,18+,19-/m0/s1. The van der Waals surface area contributed by atoms with E-state index in [1.807, 2.05) is 60.7 Å². The molecule has 7 heteroatoms. The van der Waals surface area contributed by atoms with Gasteiger partial charge in [0.2, 0.25) is 11.8 Å². The van der Waals surface area contributed by atoms with Crippen molar-refractivity contribution < 1.29 is 14.4 Å². The van der Waals surface area contributed by atoms with Gasteiger partial charge in [-0.2, -0.15) is 12.6 Å². The number of carbonyl (C=O) groups excluding carboxylic acids is 3. The number of hydrogen-bond acceptors (Lipinski definition) is 5. The molecule has 2 aromatic rings. The molecule has 0 bridgehead atoms. The third-order valence-electron chi connectivity index (χ3n) is 4.24. The second kappa shape index (κ2) is 11.3. The van der Waals surface area contributed by atoms with E-state index in [1.165, 1.54) is 0 Å². The molecule has 0 spiro atoms. The highest BCUT2D eigenvalue weighted by atomic mass is 32.1. The summed E-state index contributed by atoms with van der Waals surface area (Å²) in [4.78, 5) is 36.2. The van der Waals surface area contributed by atoms with Gasteiger partial charge in [0.1, 0.15) is 12.3 Å². The van der Waals surface area contributed by atoms with Crippen molar-refractivity contribution in [2.45, 2.75) is 31.0 Å². The molecule has 0 aliphatic carbocycles. The molecule has 0 saturated heterocycles. The minimum absolute atomic E-state index is 0.0898. The third kappa shape index (κ3) is 6.83. The lowest BCUT2D eigenvalue weighted by atomic mass is 10.1. The zero-order valence-electron chi connectivity index (χ0n) is 15.5. The maximum atomic E-state index is 12.5. The van der Waals surface area contributed by atoms with Gasteiger partial charge in [0, 0.05) is 5.75 Å². The Morgan fingerprint density at radius 3 is 1.93 bits per heavy atom. The summed E-state index contributed by atoms with van der Waals surface area (Å²) < 4.78 is 0. The van der Waals surface area contributed by atoms with Gasteiger partial charge in [-0.05, 0) is 24.0 Å². The summed E-state index contributed by atoms with van der Waals surface area (Å²) in [6.07, 6.45) is 1.42. The number of carbonyl (C=O) groups is 3. The molecule has 2 aromatic carbocycles. The van der Waals surface area contributed by atoms with Crippen molar-refractivity contribution >= 4 is 30.7 Å². The summed E-state index contributed by atoms with van der Waals surface area (Å²) >= 11 is 4.14. The minimum atomic E-state index is -0.879. The normalized spacial score (nSPS) is 13.8. The Hall–Kier alpha value is -2.64. The van der Waals surface area contributed by atoms with Crippen molar-refractivity contribution in [1.29, 1.82) is 0 Å². The molecule has 0 radical (unpaired) electrons. The molecule has 6 nitrogen and oxygen atoms in total. The average molecular weight is 400 g/mol. The highest BCUT2D eigenvalue weighted by molar-refractivity contribution is 7.80. The molecule has 0 aliphatic rings. The van der Waals surface area contributed by atoms with E-state index in [9.17, 15) is 14.4 Å². The van der Waals surface area contributed by atoms with E-state index < -0.39 is 29.9 Å². The van der Waals surface area contributed by atoms with E-state index in [2.05, 4.69) is 23.3 Å². The van der Waals surface area contributed by atoms with Crippen LogP contribution < -0.4 is 16.4 Å². The molecule has 0 unspecified atom stereocenters. The number of thiol groups is 1. The number of amides is 2. The second-order valence-electron chi connectivity index (χ2n) is 6.48. The number of aldehydes is 1. The Kier molecular flexibility index (Phi) is 8.71. The molecule has 0 heterocycles. The van der Waals surface area contributed by atoms with Crippen LogP contribution in [0.3, 0.4) is 0 Å². The molecule has 0 aliphatic heterocycles. The molecular formula is C21H25N3O3S. The third-order valence-corrected chi connectivity index (χ3v) is 4.61. The van der Waals surface area contributed by atoms with Crippen molar-refractivity contribution in [3.63, 3.8) is 0 Å². The van der Waals surface area contributed by atoms with Crippen LogP contribution in [0.2, 0.25) is 0 Å². The van der Waals surface area contributed by atoms with E-state index in [4.69, 9.17) is 5.73 Å². The number of hydrogen-bond donors (Lipinski definition) is 4. The summed E-state index contributed by atoms with van der Waals surface area (Å²) in [6.45, 7) is 0. The van der Waals surface area contributed by atoms with Gasteiger partial charge in [0.25, 0.3) is 0 Å². The molecule has 0 saturated carbocycles. The van der Waals surface area contributed by atoms with Crippen molar-refractivity contribution in [3.05, 3.63) is 71.8 Å². The molecule has 28 heavy (non-hydrogen) atoms. The highest BCUT2D eigenvalue weighted by Crippen LogP contribution is 2.04. The van der Waals surface area contributed by atoms with Crippen LogP contribution in [-0.2, 0) is 27.2 Å². The van der Waals surface area contributed by atoms with Crippen molar-refractivity contribution in [2.75, 3.05) is 5.75 Å². The summed E-state index contributed by atoms with van der Waals surface area (Å²) in [7, 11) is 0. The Bertz CT molecular complexity index is 771.